The maximum atomic E-state index is 8.57. The molecule has 20 valence electrons. The minimum absolute atomic E-state index is 0. The molecule has 0 rings (SSSR count). The molecule has 0 spiro atoms. The molecule has 4 heavy (non-hydrogen) atoms. The first kappa shape index (κ1) is 9.04. The van der Waals surface area contributed by atoms with Crippen molar-refractivity contribution in [3.63, 3.8) is 0 Å². The van der Waals surface area contributed by atoms with Crippen LogP contribution in [0.1, 0.15) is 0 Å². The fourth-order valence-corrected chi connectivity index (χ4v) is 0. The van der Waals surface area contributed by atoms with Crippen LogP contribution in [0.15, 0.2) is 0 Å². The first-order valence-electron chi connectivity index (χ1n) is 0.494. The number of hydrogen-bond donors (Lipinski definition) is 1. The van der Waals surface area contributed by atoms with Gasteiger partial charge in [0, 0.05) is 0 Å². The molecule has 2 nitrogen and oxygen atoms in total. The fraction of sp³-hybridized carbons (Fsp3) is 0. The zero-order chi connectivity index (χ0) is 2.71. The zero-order valence-electron chi connectivity index (χ0n) is 1.43. The van der Waals surface area contributed by atoms with Gasteiger partial charge in [-0.3, -0.25) is 0 Å². The third-order valence-electron chi connectivity index (χ3n) is 0. The molecule has 0 amide bonds. The summed E-state index contributed by atoms with van der Waals surface area (Å²) in [5.41, 5.74) is 0. The summed E-state index contributed by atoms with van der Waals surface area (Å²) < 4.78 is 15.7. The molecule has 0 aromatic rings. The van der Waals surface area contributed by atoms with E-state index in [1.807, 2.05) is 0 Å². The van der Waals surface area contributed by atoms with E-state index in [-0.39, 0.29) is 37.7 Å². The Hall–Kier alpha value is 1.39. The van der Waals surface area contributed by atoms with Crippen LogP contribution in [0.5, 0.6) is 0 Å². The van der Waals surface area contributed by atoms with Crippen molar-refractivity contribution in [2.45, 2.75) is 0 Å². The van der Waals surface area contributed by atoms with Gasteiger partial charge in [0.25, 0.3) is 0 Å². The Morgan fingerprint density at radius 3 is 1.75 bits per heavy atom. The van der Waals surface area contributed by atoms with Gasteiger partial charge >= 0.3 is 61.2 Å². The van der Waals surface area contributed by atoms with Gasteiger partial charge in [-0.2, -0.15) is 0 Å². The molecule has 0 unspecified atom stereocenters. The summed E-state index contributed by atoms with van der Waals surface area (Å²) in [6.07, 6.45) is 0. The molecule has 0 aromatic carbocycles. The topological polar surface area (TPSA) is 37.3 Å². The summed E-state index contributed by atoms with van der Waals surface area (Å²) >= 11 is -1.50. The van der Waals surface area contributed by atoms with Crippen molar-refractivity contribution in [2.24, 2.45) is 0 Å². The van der Waals surface area contributed by atoms with Crippen molar-refractivity contribution in [3.8, 4) is 0 Å². The molecular weight excluding hydrogens is 99.1 g/mol. The fourth-order valence-electron chi connectivity index (χ4n) is 0. The quantitative estimate of drug-likeness (QED) is 0.360. The van der Waals surface area contributed by atoms with Gasteiger partial charge in [-0.1, -0.05) is 0 Å². The van der Waals surface area contributed by atoms with E-state index in [0.29, 0.717) is 0 Å². The first-order valence-corrected chi connectivity index (χ1v) is 1.48. The van der Waals surface area contributed by atoms with Gasteiger partial charge in [0.2, 0.25) is 0 Å². The van der Waals surface area contributed by atoms with Crippen LogP contribution in [0.4, 0.5) is 0 Å². The summed E-state index contributed by atoms with van der Waals surface area (Å²) in [7, 11) is 0. The van der Waals surface area contributed by atoms with Crippen LogP contribution in [0.2, 0.25) is 0 Å². The average Bonchev–Trinajstić information content (AvgIpc) is 0.918. The van der Waals surface area contributed by atoms with E-state index in [9.17, 15) is 0 Å². The molecule has 0 saturated heterocycles. The van der Waals surface area contributed by atoms with E-state index >= 15 is 0 Å². The van der Waals surface area contributed by atoms with Crippen LogP contribution in [0.3, 0.4) is 0 Å². The Morgan fingerprint density at radius 1 is 1.75 bits per heavy atom. The molecular formula is H3AlCaO2. The van der Waals surface area contributed by atoms with E-state index in [1.165, 1.54) is 0 Å². The standard InChI is InChI=1S/Al.Ca.H2O.O.2H/h;;1H2;;;/q+1;;;;;/p-1. The molecule has 0 atom stereocenters. The van der Waals surface area contributed by atoms with Crippen LogP contribution in [0.25, 0.3) is 0 Å². The third kappa shape index (κ3) is 10.0. The summed E-state index contributed by atoms with van der Waals surface area (Å²) in [6, 6.07) is 0. The zero-order valence-corrected chi connectivity index (χ0v) is 2.59. The predicted molar refractivity (Wildman–Crippen MR) is 17.2 cm³/mol. The Morgan fingerprint density at radius 2 is 1.75 bits per heavy atom. The van der Waals surface area contributed by atoms with E-state index in [4.69, 9.17) is 7.96 Å². The van der Waals surface area contributed by atoms with Crippen molar-refractivity contribution in [2.75, 3.05) is 0 Å². The molecule has 1 N–H and O–H groups in total. The molecule has 0 bridgehead atoms. The van der Waals surface area contributed by atoms with Crippen LogP contribution < -0.4 is 0 Å². The van der Waals surface area contributed by atoms with Crippen LogP contribution in [-0.4, -0.2) is 57.4 Å². The number of hydrogen-bond acceptors (Lipinski definition) is 1. The third-order valence-corrected chi connectivity index (χ3v) is 0. The van der Waals surface area contributed by atoms with Crippen molar-refractivity contribution < 1.29 is 7.96 Å². The van der Waals surface area contributed by atoms with Gasteiger partial charge < -0.3 is 0 Å². The Bertz CT molecular complexity index is 13.5. The molecule has 0 aliphatic rings. The van der Waals surface area contributed by atoms with Crippen molar-refractivity contribution in [1.82, 2.24) is 0 Å². The monoisotopic (exact) mass is 102 g/mol. The van der Waals surface area contributed by atoms with Crippen molar-refractivity contribution in [3.05, 3.63) is 0 Å². The molecule has 0 aromatic heterocycles. The number of rotatable bonds is 0. The molecule has 0 aliphatic heterocycles. The second kappa shape index (κ2) is 8.83. The molecule has 0 fully saturated rings. The van der Waals surface area contributed by atoms with Crippen LogP contribution in [0, 0.1) is 0 Å². The van der Waals surface area contributed by atoms with Gasteiger partial charge in [-0.15, -0.1) is 0 Å². The van der Waals surface area contributed by atoms with E-state index in [0.717, 1.165) is 0 Å². The van der Waals surface area contributed by atoms with Gasteiger partial charge in [-0.05, 0) is 0 Å². The van der Waals surface area contributed by atoms with Crippen LogP contribution in [-0.2, 0) is 3.80 Å². The van der Waals surface area contributed by atoms with Gasteiger partial charge in [0.1, 0.15) is 0 Å². The van der Waals surface area contributed by atoms with E-state index in [2.05, 4.69) is 0 Å². The summed E-state index contributed by atoms with van der Waals surface area (Å²) in [5.74, 6) is 0. The first-order chi connectivity index (χ1) is 1.41. The van der Waals surface area contributed by atoms with Gasteiger partial charge in [0.15, 0.2) is 0 Å². The van der Waals surface area contributed by atoms with Gasteiger partial charge in [0.05, 0.1) is 0 Å². The second-order valence-corrected chi connectivity index (χ2v) is 0.316. The summed E-state index contributed by atoms with van der Waals surface area (Å²) in [4.78, 5) is 0. The predicted octanol–water partition coefficient (Wildman–Crippen LogP) is -1.97. The van der Waals surface area contributed by atoms with Gasteiger partial charge in [-0.25, -0.2) is 0 Å². The molecule has 0 saturated carbocycles. The SMILES string of the molecule is [CaH2].[O]=[Al][OH]. The Kier molecular flexibility index (Phi) is 20.0. The minimum atomic E-state index is -1.50. The van der Waals surface area contributed by atoms with Crippen LogP contribution >= 0.6 is 0 Å². The average molecular weight is 102 g/mol. The van der Waals surface area contributed by atoms with E-state index in [1.54, 1.807) is 0 Å². The maximum absolute atomic E-state index is 8.57. The van der Waals surface area contributed by atoms with E-state index < -0.39 is 15.5 Å². The summed E-state index contributed by atoms with van der Waals surface area (Å²) in [5, 5.41) is 0. The Labute approximate surface area is 60.5 Å². The molecule has 0 radical (unpaired) electrons. The second-order valence-electron chi connectivity index (χ2n) is 0.105. The molecule has 0 aliphatic carbocycles. The normalized spacial score (nSPS) is 2.00. The summed E-state index contributed by atoms with van der Waals surface area (Å²) in [6.45, 7) is 0. The Balaban J connectivity index is 0. The van der Waals surface area contributed by atoms with Crippen molar-refractivity contribution >= 4 is 53.2 Å². The van der Waals surface area contributed by atoms with Crippen molar-refractivity contribution in [1.29, 1.82) is 0 Å². The molecule has 0 heterocycles. The molecule has 4 heteroatoms.